The van der Waals surface area contributed by atoms with Gasteiger partial charge >= 0.3 is 0 Å². The number of unbranched alkanes of at least 4 members (excludes halogenated alkanes) is 1. The predicted molar refractivity (Wildman–Crippen MR) is 111 cm³/mol. The van der Waals surface area contributed by atoms with Gasteiger partial charge in [-0.2, -0.15) is 0 Å². The number of nitrogens with one attached hydrogen (secondary N) is 1. The molecule has 2 nitrogen and oxygen atoms in total. The fraction of sp³-hybridized carbons (Fsp3) is 0.333. The van der Waals surface area contributed by atoms with Gasteiger partial charge < -0.3 is 4.98 Å². The molecule has 0 saturated heterocycles. The van der Waals surface area contributed by atoms with Crippen LogP contribution in [0, 0.1) is 6.92 Å². The number of aromatic nitrogens is 1. The van der Waals surface area contributed by atoms with Crippen LogP contribution in [-0.2, 0) is 6.42 Å². The van der Waals surface area contributed by atoms with Crippen molar-refractivity contribution >= 4 is 10.9 Å². The molecule has 1 aliphatic heterocycles. The lowest BCUT2D eigenvalue weighted by Gasteiger charge is -2.29. The molecule has 4 rings (SSSR count). The van der Waals surface area contributed by atoms with E-state index in [-0.39, 0.29) is 0 Å². The molecule has 1 aliphatic rings. The lowest BCUT2D eigenvalue weighted by molar-refractivity contribution is 0.278. The number of hydrogen-bond donors (Lipinski definition) is 1. The predicted octanol–water partition coefficient (Wildman–Crippen LogP) is 5.45. The largest absolute Gasteiger partial charge is 0.358 e. The molecule has 3 aromatic rings. The zero-order valence-corrected chi connectivity index (χ0v) is 15.6. The summed E-state index contributed by atoms with van der Waals surface area (Å²) in [5, 5.41) is 1.40. The summed E-state index contributed by atoms with van der Waals surface area (Å²) in [5.41, 5.74) is 5.53. The van der Waals surface area contributed by atoms with Gasteiger partial charge in [0.25, 0.3) is 0 Å². The smallest absolute Gasteiger partial charge is 0.0458 e. The standard InChI is InChI=1S/C24H28N2/c1-19-22(23-14-5-6-15-24(23)25-19)13-7-8-16-26-17-9-12-21(18-26)20-10-3-2-4-11-20/h2-6,9-12,14-15,21,25H,7-8,13,16-18H2,1H3. The van der Waals surface area contributed by atoms with Crippen molar-refractivity contribution in [3.05, 3.63) is 83.6 Å². The van der Waals surface area contributed by atoms with E-state index in [9.17, 15) is 0 Å². The number of aromatic amines is 1. The third-order valence-corrected chi connectivity index (χ3v) is 5.59. The Morgan fingerprint density at radius 1 is 1.00 bits per heavy atom. The van der Waals surface area contributed by atoms with Gasteiger partial charge in [-0.25, -0.2) is 0 Å². The molecule has 0 spiro atoms. The first-order valence-corrected chi connectivity index (χ1v) is 9.81. The summed E-state index contributed by atoms with van der Waals surface area (Å²) >= 11 is 0. The maximum Gasteiger partial charge on any atom is 0.0458 e. The van der Waals surface area contributed by atoms with Gasteiger partial charge in [0, 0.05) is 35.6 Å². The minimum Gasteiger partial charge on any atom is -0.358 e. The number of benzene rings is 2. The van der Waals surface area contributed by atoms with Crippen LogP contribution < -0.4 is 0 Å². The minimum absolute atomic E-state index is 0.542. The first-order chi connectivity index (χ1) is 12.8. The molecule has 1 atom stereocenters. The lowest BCUT2D eigenvalue weighted by Crippen LogP contribution is -2.32. The molecule has 26 heavy (non-hydrogen) atoms. The Balaban J connectivity index is 1.30. The third-order valence-electron chi connectivity index (χ3n) is 5.59. The van der Waals surface area contributed by atoms with E-state index in [2.05, 4.69) is 83.6 Å². The average Bonchev–Trinajstić information content (AvgIpc) is 3.01. The molecule has 1 unspecified atom stereocenters. The van der Waals surface area contributed by atoms with Crippen LogP contribution in [0.1, 0.15) is 35.6 Å². The van der Waals surface area contributed by atoms with Gasteiger partial charge in [-0.05, 0) is 49.9 Å². The first kappa shape index (κ1) is 17.1. The molecular formula is C24H28N2. The Morgan fingerprint density at radius 2 is 1.81 bits per heavy atom. The molecule has 1 aromatic heterocycles. The average molecular weight is 345 g/mol. The molecule has 0 aliphatic carbocycles. The minimum atomic E-state index is 0.542. The molecule has 134 valence electrons. The van der Waals surface area contributed by atoms with Crippen LogP contribution in [0.25, 0.3) is 10.9 Å². The van der Waals surface area contributed by atoms with E-state index in [0.717, 1.165) is 13.1 Å². The van der Waals surface area contributed by atoms with E-state index in [1.807, 2.05) is 0 Å². The Morgan fingerprint density at radius 3 is 2.69 bits per heavy atom. The number of fused-ring (bicyclic) bond motifs is 1. The number of hydrogen-bond acceptors (Lipinski definition) is 1. The highest BCUT2D eigenvalue weighted by atomic mass is 15.1. The number of para-hydroxylation sites is 1. The van der Waals surface area contributed by atoms with Crippen molar-refractivity contribution < 1.29 is 0 Å². The molecule has 2 heteroatoms. The van der Waals surface area contributed by atoms with E-state index < -0.39 is 0 Å². The van der Waals surface area contributed by atoms with Gasteiger partial charge in [0.1, 0.15) is 0 Å². The number of nitrogens with zero attached hydrogens (tertiary/aromatic N) is 1. The summed E-state index contributed by atoms with van der Waals surface area (Å²) in [5.74, 6) is 0.542. The highest BCUT2D eigenvalue weighted by Gasteiger charge is 2.16. The zero-order chi connectivity index (χ0) is 17.8. The quantitative estimate of drug-likeness (QED) is 0.465. The van der Waals surface area contributed by atoms with Crippen LogP contribution in [0.15, 0.2) is 66.7 Å². The van der Waals surface area contributed by atoms with E-state index in [1.165, 1.54) is 53.5 Å². The van der Waals surface area contributed by atoms with Crippen molar-refractivity contribution in [1.29, 1.82) is 0 Å². The van der Waals surface area contributed by atoms with E-state index in [4.69, 9.17) is 0 Å². The molecule has 0 amide bonds. The fourth-order valence-corrected chi connectivity index (χ4v) is 4.18. The summed E-state index contributed by atoms with van der Waals surface area (Å²) < 4.78 is 0. The van der Waals surface area contributed by atoms with Crippen LogP contribution in [0.3, 0.4) is 0 Å². The number of rotatable bonds is 6. The zero-order valence-electron chi connectivity index (χ0n) is 15.6. The molecule has 2 heterocycles. The third kappa shape index (κ3) is 3.76. The number of aryl methyl sites for hydroxylation is 2. The number of H-pyrrole nitrogens is 1. The maximum atomic E-state index is 3.52. The Bertz CT molecular complexity index is 876. The van der Waals surface area contributed by atoms with Crippen molar-refractivity contribution in [2.45, 2.75) is 32.1 Å². The topological polar surface area (TPSA) is 19.0 Å². The second-order valence-electron chi connectivity index (χ2n) is 7.44. The van der Waals surface area contributed by atoms with Crippen LogP contribution in [0.4, 0.5) is 0 Å². The van der Waals surface area contributed by atoms with Crippen molar-refractivity contribution in [3.8, 4) is 0 Å². The van der Waals surface area contributed by atoms with E-state index in [0.29, 0.717) is 5.92 Å². The fourth-order valence-electron chi connectivity index (χ4n) is 4.18. The van der Waals surface area contributed by atoms with Crippen molar-refractivity contribution in [3.63, 3.8) is 0 Å². The van der Waals surface area contributed by atoms with Gasteiger partial charge in [0.15, 0.2) is 0 Å². The molecule has 0 saturated carbocycles. The van der Waals surface area contributed by atoms with Gasteiger partial charge in [-0.1, -0.05) is 60.7 Å². The summed E-state index contributed by atoms with van der Waals surface area (Å²) in [6.45, 7) is 5.63. The van der Waals surface area contributed by atoms with Crippen LogP contribution in [-0.4, -0.2) is 29.5 Å². The summed E-state index contributed by atoms with van der Waals surface area (Å²) in [6.07, 6.45) is 8.39. The summed E-state index contributed by atoms with van der Waals surface area (Å²) in [6, 6.07) is 19.6. The van der Waals surface area contributed by atoms with Crippen LogP contribution in [0.5, 0.6) is 0 Å². The van der Waals surface area contributed by atoms with E-state index in [1.54, 1.807) is 0 Å². The van der Waals surface area contributed by atoms with Gasteiger partial charge in [-0.3, -0.25) is 4.90 Å². The molecule has 0 bridgehead atoms. The summed E-state index contributed by atoms with van der Waals surface area (Å²) in [7, 11) is 0. The second-order valence-corrected chi connectivity index (χ2v) is 7.44. The van der Waals surface area contributed by atoms with Crippen molar-refractivity contribution in [2.24, 2.45) is 0 Å². The highest BCUT2D eigenvalue weighted by Crippen LogP contribution is 2.24. The van der Waals surface area contributed by atoms with Crippen molar-refractivity contribution in [2.75, 3.05) is 19.6 Å². The maximum absolute atomic E-state index is 3.52. The monoisotopic (exact) mass is 344 g/mol. The Kier molecular flexibility index (Phi) is 5.21. The SMILES string of the molecule is Cc1[nH]c2ccccc2c1CCCCN1CC=CC(c2ccccc2)C1. The molecule has 0 fully saturated rings. The van der Waals surface area contributed by atoms with Gasteiger partial charge in [0.2, 0.25) is 0 Å². The Hall–Kier alpha value is -2.32. The Labute approximate surface area is 156 Å². The molecule has 2 aromatic carbocycles. The lowest BCUT2D eigenvalue weighted by atomic mass is 9.95. The highest BCUT2D eigenvalue weighted by molar-refractivity contribution is 5.84. The molecule has 0 radical (unpaired) electrons. The second kappa shape index (κ2) is 7.92. The van der Waals surface area contributed by atoms with E-state index >= 15 is 0 Å². The molecule has 1 N–H and O–H groups in total. The van der Waals surface area contributed by atoms with Crippen molar-refractivity contribution in [1.82, 2.24) is 9.88 Å². The summed E-state index contributed by atoms with van der Waals surface area (Å²) in [4.78, 5) is 6.12. The van der Waals surface area contributed by atoms with Crippen LogP contribution in [0.2, 0.25) is 0 Å². The van der Waals surface area contributed by atoms with Gasteiger partial charge in [0.05, 0.1) is 0 Å². The van der Waals surface area contributed by atoms with Crippen LogP contribution >= 0.6 is 0 Å². The van der Waals surface area contributed by atoms with Gasteiger partial charge in [-0.15, -0.1) is 0 Å². The normalized spacial score (nSPS) is 17.8. The molecular weight excluding hydrogens is 316 g/mol. The first-order valence-electron chi connectivity index (χ1n) is 9.81.